The molecule has 168 valence electrons. The number of rotatable bonds is 7. The zero-order valence-electron chi connectivity index (χ0n) is 17.7. The van der Waals surface area contributed by atoms with E-state index in [-0.39, 0.29) is 12.3 Å². The van der Waals surface area contributed by atoms with Crippen LogP contribution in [-0.2, 0) is 11.2 Å². The van der Waals surface area contributed by atoms with Crippen molar-refractivity contribution >= 4 is 34.8 Å². The zero-order chi connectivity index (χ0) is 23.2. The van der Waals surface area contributed by atoms with E-state index in [1.54, 1.807) is 31.2 Å². The molecule has 0 aliphatic carbocycles. The Labute approximate surface area is 199 Å². The summed E-state index contributed by atoms with van der Waals surface area (Å²) < 4.78 is 5.24. The predicted octanol–water partition coefficient (Wildman–Crippen LogP) is 4.61. The number of benzene rings is 2. The van der Waals surface area contributed by atoms with Crippen molar-refractivity contribution in [3.05, 3.63) is 76.1 Å². The Morgan fingerprint density at radius 2 is 1.76 bits per heavy atom. The molecular weight excluding hydrogens is 462 g/mol. The normalized spacial score (nSPS) is 10.7. The highest BCUT2D eigenvalue weighted by molar-refractivity contribution is 7.17. The van der Waals surface area contributed by atoms with Gasteiger partial charge in [0.2, 0.25) is 17.6 Å². The van der Waals surface area contributed by atoms with Crippen LogP contribution in [0.5, 0.6) is 0 Å². The minimum Gasteiger partial charge on any atom is -0.339 e. The van der Waals surface area contributed by atoms with Gasteiger partial charge in [-0.2, -0.15) is 4.98 Å². The Morgan fingerprint density at radius 3 is 2.52 bits per heavy atom. The molecule has 0 saturated carbocycles. The minimum absolute atomic E-state index is 0.190. The lowest BCUT2D eigenvalue weighted by molar-refractivity contribution is -0.121. The molecule has 0 radical (unpaired) electrons. The van der Waals surface area contributed by atoms with Crippen molar-refractivity contribution in [2.75, 3.05) is 0 Å². The molecule has 0 aliphatic rings. The highest BCUT2D eigenvalue weighted by Crippen LogP contribution is 2.27. The van der Waals surface area contributed by atoms with E-state index in [1.165, 1.54) is 11.3 Å². The molecule has 0 bridgehead atoms. The van der Waals surface area contributed by atoms with Crippen molar-refractivity contribution < 1.29 is 14.1 Å². The van der Waals surface area contributed by atoms with Crippen molar-refractivity contribution in [1.29, 1.82) is 0 Å². The summed E-state index contributed by atoms with van der Waals surface area (Å²) in [5.74, 6) is 0.190. The lowest BCUT2D eigenvalue weighted by atomic mass is 10.2. The zero-order valence-corrected chi connectivity index (χ0v) is 19.2. The monoisotopic (exact) mass is 481 g/mol. The van der Waals surface area contributed by atoms with E-state index in [1.807, 2.05) is 30.3 Å². The molecule has 2 aromatic carbocycles. The summed E-state index contributed by atoms with van der Waals surface area (Å²) in [6, 6.07) is 16.7. The van der Waals surface area contributed by atoms with Crippen LogP contribution in [-0.4, -0.2) is 26.9 Å². The standard InChI is InChI=1S/C23H20ClN5O3S/c1-14-20(33-23(25-14)16-6-3-2-4-7-16)22(31)28-27-18(30)8-5-9-19-26-21(29-32-19)15-10-12-17(24)13-11-15/h2-4,6-7,10-13H,5,8-9H2,1H3,(H,27,30)(H,28,31). The van der Waals surface area contributed by atoms with Crippen molar-refractivity contribution in [2.24, 2.45) is 0 Å². The smallest absolute Gasteiger partial charge is 0.281 e. The Hall–Kier alpha value is -3.56. The van der Waals surface area contributed by atoms with Gasteiger partial charge in [0.25, 0.3) is 5.91 Å². The summed E-state index contributed by atoms with van der Waals surface area (Å²) in [6.45, 7) is 1.77. The molecule has 2 amide bonds. The molecule has 0 unspecified atom stereocenters. The number of aryl methyl sites for hydroxylation is 2. The van der Waals surface area contributed by atoms with E-state index in [9.17, 15) is 9.59 Å². The van der Waals surface area contributed by atoms with Crippen LogP contribution in [0, 0.1) is 6.92 Å². The molecule has 0 aliphatic heterocycles. The summed E-state index contributed by atoms with van der Waals surface area (Å²) in [5, 5.41) is 5.33. The molecule has 2 N–H and O–H groups in total. The topological polar surface area (TPSA) is 110 Å². The molecule has 0 spiro atoms. The molecule has 8 nitrogen and oxygen atoms in total. The van der Waals surface area contributed by atoms with Crippen LogP contribution in [0.2, 0.25) is 5.02 Å². The van der Waals surface area contributed by atoms with Gasteiger partial charge in [-0.15, -0.1) is 11.3 Å². The third-order valence-electron chi connectivity index (χ3n) is 4.70. The third-order valence-corrected chi connectivity index (χ3v) is 6.16. The van der Waals surface area contributed by atoms with Crippen LogP contribution in [0.3, 0.4) is 0 Å². The van der Waals surface area contributed by atoms with E-state index < -0.39 is 5.91 Å². The number of hydrogen-bond acceptors (Lipinski definition) is 7. The summed E-state index contributed by atoms with van der Waals surface area (Å²) in [6.07, 6.45) is 1.12. The van der Waals surface area contributed by atoms with Gasteiger partial charge in [-0.05, 0) is 37.6 Å². The number of aromatic nitrogens is 3. The fourth-order valence-electron chi connectivity index (χ4n) is 3.03. The molecule has 33 heavy (non-hydrogen) atoms. The third kappa shape index (κ3) is 5.82. The number of carbonyl (C=O) groups excluding carboxylic acids is 2. The Morgan fingerprint density at radius 1 is 1.00 bits per heavy atom. The number of amides is 2. The average molecular weight is 482 g/mol. The van der Waals surface area contributed by atoms with E-state index in [4.69, 9.17) is 16.1 Å². The van der Waals surface area contributed by atoms with Gasteiger partial charge in [-0.1, -0.05) is 47.1 Å². The Bertz CT molecular complexity index is 1250. The molecule has 10 heteroatoms. The van der Waals surface area contributed by atoms with Crippen molar-refractivity contribution in [3.63, 3.8) is 0 Å². The fourth-order valence-corrected chi connectivity index (χ4v) is 4.12. The second kappa shape index (κ2) is 10.4. The van der Waals surface area contributed by atoms with E-state index in [0.717, 1.165) is 16.1 Å². The van der Waals surface area contributed by atoms with Crippen LogP contribution in [0.25, 0.3) is 22.0 Å². The van der Waals surface area contributed by atoms with Crippen LogP contribution >= 0.6 is 22.9 Å². The number of halogens is 1. The van der Waals surface area contributed by atoms with Gasteiger partial charge in [0, 0.05) is 29.0 Å². The molecule has 0 atom stereocenters. The highest BCUT2D eigenvalue weighted by atomic mass is 35.5. The van der Waals surface area contributed by atoms with Crippen LogP contribution in [0.15, 0.2) is 59.1 Å². The van der Waals surface area contributed by atoms with Gasteiger partial charge < -0.3 is 4.52 Å². The van der Waals surface area contributed by atoms with Gasteiger partial charge in [-0.25, -0.2) is 4.98 Å². The summed E-state index contributed by atoms with van der Waals surface area (Å²) in [7, 11) is 0. The first kappa shape index (κ1) is 22.6. The van der Waals surface area contributed by atoms with Crippen LogP contribution < -0.4 is 10.9 Å². The first-order valence-electron chi connectivity index (χ1n) is 10.2. The molecule has 0 saturated heterocycles. The fraction of sp³-hybridized carbons (Fsp3) is 0.174. The molecule has 2 heterocycles. The van der Waals surface area contributed by atoms with Crippen molar-refractivity contribution in [1.82, 2.24) is 26.0 Å². The maximum Gasteiger partial charge on any atom is 0.281 e. The predicted molar refractivity (Wildman–Crippen MR) is 126 cm³/mol. The Kier molecular flexibility index (Phi) is 7.11. The van der Waals surface area contributed by atoms with E-state index >= 15 is 0 Å². The maximum absolute atomic E-state index is 12.5. The molecule has 4 rings (SSSR count). The molecule has 4 aromatic rings. The van der Waals surface area contributed by atoms with Gasteiger partial charge >= 0.3 is 0 Å². The number of thiazole rings is 1. The van der Waals surface area contributed by atoms with Gasteiger partial charge in [0.1, 0.15) is 9.88 Å². The van der Waals surface area contributed by atoms with Gasteiger partial charge in [0.15, 0.2) is 0 Å². The first-order valence-corrected chi connectivity index (χ1v) is 11.4. The molecule has 2 aromatic heterocycles. The summed E-state index contributed by atoms with van der Waals surface area (Å²) in [5.41, 5.74) is 7.24. The molecule has 0 fully saturated rings. The van der Waals surface area contributed by atoms with E-state index in [2.05, 4.69) is 26.0 Å². The number of hydrazine groups is 1. The number of nitrogens with zero attached hydrogens (tertiary/aromatic N) is 3. The number of nitrogens with one attached hydrogen (secondary N) is 2. The lowest BCUT2D eigenvalue weighted by Crippen LogP contribution is -2.41. The second-order valence-electron chi connectivity index (χ2n) is 7.17. The van der Waals surface area contributed by atoms with Crippen molar-refractivity contribution in [3.8, 4) is 22.0 Å². The van der Waals surface area contributed by atoms with E-state index in [0.29, 0.717) is 40.2 Å². The summed E-state index contributed by atoms with van der Waals surface area (Å²) >= 11 is 7.17. The SMILES string of the molecule is Cc1nc(-c2ccccc2)sc1C(=O)NNC(=O)CCCc1nc(-c2ccc(Cl)cc2)no1. The van der Waals surface area contributed by atoms with Crippen LogP contribution in [0.4, 0.5) is 0 Å². The molecular formula is C23H20ClN5O3S. The van der Waals surface area contributed by atoms with Crippen LogP contribution in [0.1, 0.15) is 34.1 Å². The first-order chi connectivity index (χ1) is 16.0. The van der Waals surface area contributed by atoms with Gasteiger partial charge in [0.05, 0.1) is 5.69 Å². The second-order valence-corrected chi connectivity index (χ2v) is 8.61. The number of carbonyl (C=O) groups is 2. The Balaban J connectivity index is 1.24. The van der Waals surface area contributed by atoms with Crippen molar-refractivity contribution in [2.45, 2.75) is 26.2 Å². The maximum atomic E-state index is 12.5. The van der Waals surface area contributed by atoms with Gasteiger partial charge in [-0.3, -0.25) is 20.4 Å². The minimum atomic E-state index is -0.398. The number of hydrogen-bond donors (Lipinski definition) is 2. The lowest BCUT2D eigenvalue weighted by Gasteiger charge is -2.06. The summed E-state index contributed by atoms with van der Waals surface area (Å²) in [4.78, 5) is 33.8. The average Bonchev–Trinajstić information content (AvgIpc) is 3.45. The highest BCUT2D eigenvalue weighted by Gasteiger charge is 2.17. The quantitative estimate of drug-likeness (QED) is 0.373. The largest absolute Gasteiger partial charge is 0.339 e.